The Hall–Kier alpha value is -2.64. The van der Waals surface area contributed by atoms with Crippen molar-refractivity contribution in [1.29, 1.82) is 0 Å². The van der Waals surface area contributed by atoms with Crippen molar-refractivity contribution in [2.24, 2.45) is 0 Å². The number of nitrogens with zero attached hydrogens (tertiary/aromatic N) is 2. The fraction of sp³-hybridized carbons (Fsp3) is 0.360. The van der Waals surface area contributed by atoms with Crippen molar-refractivity contribution >= 4 is 33.4 Å². The van der Waals surface area contributed by atoms with Gasteiger partial charge in [-0.1, -0.05) is 35.0 Å². The third kappa shape index (κ3) is 5.05. The van der Waals surface area contributed by atoms with Crippen molar-refractivity contribution in [2.45, 2.75) is 26.3 Å². The predicted octanol–water partition coefficient (Wildman–Crippen LogP) is 4.53. The average Bonchev–Trinajstić information content (AvgIpc) is 3.01. The molecule has 0 aliphatic carbocycles. The summed E-state index contributed by atoms with van der Waals surface area (Å²) >= 11 is 3.43. The molecule has 170 valence electrons. The zero-order valence-electron chi connectivity index (χ0n) is 18.9. The minimum absolute atomic E-state index is 0.112. The highest BCUT2D eigenvalue weighted by molar-refractivity contribution is 9.10. The number of carbonyl (C=O) groups is 2. The number of amides is 1. The standard InChI is InChI=1S/C25H29BrN2O4/c1-5-14-32-19-10-11-20(16(2)15-19)23(29)21-22(17-6-8-18(26)9-7-17)28(13-12-27(3)4)25(31)24(21)30/h6-11,15,22,29H,5,12-14H2,1-4H3/t22-/m1/s1. The molecule has 0 bridgehead atoms. The number of aliphatic hydroxyl groups is 1. The topological polar surface area (TPSA) is 70.1 Å². The number of Topliss-reactive ketones (excluding diaryl/α,β-unsaturated/α-hetero) is 1. The van der Waals surface area contributed by atoms with Gasteiger partial charge < -0.3 is 19.6 Å². The normalized spacial score (nSPS) is 17.9. The molecule has 0 spiro atoms. The number of likely N-dealkylation sites (tertiary alicyclic amines) is 1. The molecule has 2 aromatic carbocycles. The SMILES string of the molecule is CCCOc1ccc(C(O)=C2C(=O)C(=O)N(CCN(C)C)[C@@H]2c2ccc(Br)cc2)c(C)c1. The van der Waals surface area contributed by atoms with E-state index in [-0.39, 0.29) is 11.3 Å². The molecule has 0 unspecified atom stereocenters. The van der Waals surface area contributed by atoms with Crippen molar-refractivity contribution < 1.29 is 19.4 Å². The number of benzene rings is 2. The van der Waals surface area contributed by atoms with Crippen LogP contribution in [0, 0.1) is 6.92 Å². The summed E-state index contributed by atoms with van der Waals surface area (Å²) in [6, 6.07) is 12.2. The number of likely N-dealkylation sites (N-methyl/N-ethyl adjacent to an activating group) is 1. The van der Waals surface area contributed by atoms with Crippen molar-refractivity contribution in [2.75, 3.05) is 33.8 Å². The van der Waals surface area contributed by atoms with Gasteiger partial charge in [-0.2, -0.15) is 0 Å². The van der Waals surface area contributed by atoms with Gasteiger partial charge in [-0.15, -0.1) is 0 Å². The summed E-state index contributed by atoms with van der Waals surface area (Å²) in [6.45, 7) is 5.46. The molecule has 2 aromatic rings. The molecule has 3 rings (SSSR count). The first kappa shape index (κ1) is 24.0. The first-order chi connectivity index (χ1) is 15.2. The maximum atomic E-state index is 13.1. The number of aliphatic hydroxyl groups excluding tert-OH is 1. The van der Waals surface area contributed by atoms with E-state index in [4.69, 9.17) is 4.74 Å². The van der Waals surface area contributed by atoms with Crippen LogP contribution < -0.4 is 4.74 Å². The Morgan fingerprint density at radius 2 is 1.84 bits per heavy atom. The van der Waals surface area contributed by atoms with Crippen LogP contribution >= 0.6 is 15.9 Å². The molecule has 1 fully saturated rings. The fourth-order valence-electron chi connectivity index (χ4n) is 3.77. The molecule has 1 amide bonds. The van der Waals surface area contributed by atoms with E-state index in [0.717, 1.165) is 22.0 Å². The Morgan fingerprint density at radius 1 is 1.16 bits per heavy atom. The zero-order chi connectivity index (χ0) is 23.4. The molecule has 1 aliphatic heterocycles. The van der Waals surface area contributed by atoms with Gasteiger partial charge in [0, 0.05) is 23.1 Å². The molecular formula is C25H29BrN2O4. The van der Waals surface area contributed by atoms with Crippen LogP contribution in [0.1, 0.15) is 36.1 Å². The van der Waals surface area contributed by atoms with Crippen LogP contribution in [0.5, 0.6) is 5.75 Å². The van der Waals surface area contributed by atoms with Crippen molar-refractivity contribution in [3.8, 4) is 5.75 Å². The van der Waals surface area contributed by atoms with Crippen LogP contribution in [-0.4, -0.2) is 60.4 Å². The summed E-state index contributed by atoms with van der Waals surface area (Å²) in [7, 11) is 3.83. The lowest BCUT2D eigenvalue weighted by Crippen LogP contribution is -2.35. The number of carbonyl (C=O) groups excluding carboxylic acids is 2. The molecule has 32 heavy (non-hydrogen) atoms. The van der Waals surface area contributed by atoms with E-state index >= 15 is 0 Å². The van der Waals surface area contributed by atoms with Gasteiger partial charge in [0.2, 0.25) is 0 Å². The molecule has 1 atom stereocenters. The molecule has 1 N–H and O–H groups in total. The van der Waals surface area contributed by atoms with Crippen LogP contribution in [0.4, 0.5) is 0 Å². The number of aryl methyl sites for hydroxylation is 1. The largest absolute Gasteiger partial charge is 0.507 e. The summed E-state index contributed by atoms with van der Waals surface area (Å²) in [4.78, 5) is 29.5. The maximum Gasteiger partial charge on any atom is 0.295 e. The number of rotatable bonds is 8. The zero-order valence-corrected chi connectivity index (χ0v) is 20.5. The van der Waals surface area contributed by atoms with Crippen molar-refractivity contribution in [3.05, 3.63) is 69.2 Å². The van der Waals surface area contributed by atoms with E-state index in [0.29, 0.717) is 31.0 Å². The molecule has 7 heteroatoms. The Labute approximate surface area is 197 Å². The molecule has 1 heterocycles. The molecule has 0 aromatic heterocycles. The smallest absolute Gasteiger partial charge is 0.295 e. The van der Waals surface area contributed by atoms with E-state index in [1.165, 1.54) is 0 Å². The predicted molar refractivity (Wildman–Crippen MR) is 129 cm³/mol. The first-order valence-corrected chi connectivity index (χ1v) is 11.5. The molecule has 0 radical (unpaired) electrons. The van der Waals surface area contributed by atoms with E-state index in [2.05, 4.69) is 15.9 Å². The molecule has 0 saturated carbocycles. The molecule has 1 aliphatic rings. The lowest BCUT2D eigenvalue weighted by molar-refractivity contribution is -0.140. The second-order valence-electron chi connectivity index (χ2n) is 8.17. The lowest BCUT2D eigenvalue weighted by atomic mass is 9.94. The number of hydrogen-bond donors (Lipinski definition) is 1. The fourth-order valence-corrected chi connectivity index (χ4v) is 4.03. The van der Waals surface area contributed by atoms with E-state index in [9.17, 15) is 14.7 Å². The molecule has 1 saturated heterocycles. The van der Waals surface area contributed by atoms with Gasteiger partial charge in [0.25, 0.3) is 11.7 Å². The molecule has 6 nitrogen and oxygen atoms in total. The number of ether oxygens (including phenoxy) is 1. The van der Waals surface area contributed by atoms with E-state index in [1.807, 2.05) is 63.2 Å². The summed E-state index contributed by atoms with van der Waals surface area (Å²) in [5.74, 6) is -0.721. The Bertz CT molecular complexity index is 1030. The highest BCUT2D eigenvalue weighted by Crippen LogP contribution is 2.40. The third-order valence-electron chi connectivity index (χ3n) is 5.44. The Morgan fingerprint density at radius 3 is 2.44 bits per heavy atom. The van der Waals surface area contributed by atoms with Crippen molar-refractivity contribution in [1.82, 2.24) is 9.80 Å². The summed E-state index contributed by atoms with van der Waals surface area (Å²) in [5.41, 5.74) is 2.17. The highest BCUT2D eigenvalue weighted by atomic mass is 79.9. The van der Waals surface area contributed by atoms with Crippen LogP contribution in [0.25, 0.3) is 5.76 Å². The number of halogens is 1. The average molecular weight is 501 g/mol. The van der Waals surface area contributed by atoms with Crippen LogP contribution in [-0.2, 0) is 9.59 Å². The third-order valence-corrected chi connectivity index (χ3v) is 5.97. The van der Waals surface area contributed by atoms with Crippen LogP contribution in [0.3, 0.4) is 0 Å². The second-order valence-corrected chi connectivity index (χ2v) is 9.09. The maximum absolute atomic E-state index is 13.1. The van der Waals surface area contributed by atoms with Gasteiger partial charge >= 0.3 is 0 Å². The number of hydrogen-bond acceptors (Lipinski definition) is 5. The second kappa shape index (κ2) is 10.3. The van der Waals surface area contributed by atoms with Crippen LogP contribution in [0.2, 0.25) is 0 Å². The van der Waals surface area contributed by atoms with Gasteiger partial charge in [0.05, 0.1) is 18.2 Å². The van der Waals surface area contributed by atoms with Crippen LogP contribution in [0.15, 0.2) is 52.5 Å². The highest BCUT2D eigenvalue weighted by Gasteiger charge is 2.46. The van der Waals surface area contributed by atoms with Gasteiger partial charge in [-0.3, -0.25) is 9.59 Å². The Kier molecular flexibility index (Phi) is 7.74. The quantitative estimate of drug-likeness (QED) is 0.327. The lowest BCUT2D eigenvalue weighted by Gasteiger charge is -2.26. The van der Waals surface area contributed by atoms with Gasteiger partial charge in [0.15, 0.2) is 0 Å². The summed E-state index contributed by atoms with van der Waals surface area (Å²) < 4.78 is 6.56. The summed E-state index contributed by atoms with van der Waals surface area (Å²) in [5, 5.41) is 11.3. The number of ketones is 1. The van der Waals surface area contributed by atoms with E-state index < -0.39 is 17.7 Å². The first-order valence-electron chi connectivity index (χ1n) is 10.7. The monoisotopic (exact) mass is 500 g/mol. The van der Waals surface area contributed by atoms with Crippen molar-refractivity contribution in [3.63, 3.8) is 0 Å². The minimum atomic E-state index is -0.667. The molecular weight excluding hydrogens is 472 g/mol. The Balaban J connectivity index is 2.10. The minimum Gasteiger partial charge on any atom is -0.507 e. The van der Waals surface area contributed by atoms with Gasteiger partial charge in [-0.05, 0) is 68.9 Å². The van der Waals surface area contributed by atoms with Gasteiger partial charge in [-0.25, -0.2) is 0 Å². The summed E-state index contributed by atoms with van der Waals surface area (Å²) in [6.07, 6.45) is 0.893. The van der Waals surface area contributed by atoms with E-state index in [1.54, 1.807) is 17.0 Å². The van der Waals surface area contributed by atoms with Gasteiger partial charge in [0.1, 0.15) is 11.5 Å².